The highest BCUT2D eigenvalue weighted by atomic mass is 19.1. The standard InChI is InChI=1S/C8H6FNO3/c9-6-3-1-5(2-4-6)7(11)10-8(12)13/h1-4H,(H,10,11)(H,12,13). The van der Waals surface area contributed by atoms with Crippen LogP contribution in [0.3, 0.4) is 0 Å². The number of imide groups is 1. The summed E-state index contributed by atoms with van der Waals surface area (Å²) in [5.74, 6) is -1.25. The number of carboxylic acid groups (broad SMARTS) is 1. The van der Waals surface area contributed by atoms with E-state index in [4.69, 9.17) is 5.11 Å². The summed E-state index contributed by atoms with van der Waals surface area (Å²) in [7, 11) is 0. The number of carbonyl (C=O) groups is 2. The van der Waals surface area contributed by atoms with Gasteiger partial charge in [0.15, 0.2) is 0 Å². The molecular formula is C8H6FNO3. The van der Waals surface area contributed by atoms with Crippen molar-refractivity contribution in [2.24, 2.45) is 0 Å². The number of carbonyl (C=O) groups excluding carboxylic acids is 1. The van der Waals surface area contributed by atoms with Crippen LogP contribution in [0.25, 0.3) is 0 Å². The first kappa shape index (κ1) is 9.18. The Morgan fingerprint density at radius 3 is 2.23 bits per heavy atom. The third-order valence-electron chi connectivity index (χ3n) is 1.33. The molecule has 0 aromatic heterocycles. The zero-order valence-corrected chi connectivity index (χ0v) is 6.45. The number of benzene rings is 1. The Labute approximate surface area is 73.0 Å². The van der Waals surface area contributed by atoms with E-state index in [1.54, 1.807) is 5.32 Å². The van der Waals surface area contributed by atoms with Gasteiger partial charge in [0.1, 0.15) is 5.82 Å². The molecule has 1 aromatic carbocycles. The Balaban J connectivity index is 2.78. The van der Waals surface area contributed by atoms with E-state index in [-0.39, 0.29) is 5.56 Å². The van der Waals surface area contributed by atoms with Gasteiger partial charge < -0.3 is 5.11 Å². The molecule has 0 spiro atoms. The van der Waals surface area contributed by atoms with Crippen molar-refractivity contribution in [2.45, 2.75) is 0 Å². The van der Waals surface area contributed by atoms with Crippen LogP contribution in [0.1, 0.15) is 10.4 Å². The van der Waals surface area contributed by atoms with Crippen LogP contribution in [-0.4, -0.2) is 17.1 Å². The van der Waals surface area contributed by atoms with E-state index in [1.165, 1.54) is 12.1 Å². The van der Waals surface area contributed by atoms with Crippen LogP contribution in [0.5, 0.6) is 0 Å². The molecule has 2 N–H and O–H groups in total. The minimum absolute atomic E-state index is 0.101. The molecule has 5 heteroatoms. The van der Waals surface area contributed by atoms with Gasteiger partial charge in [-0.05, 0) is 24.3 Å². The van der Waals surface area contributed by atoms with E-state index in [0.29, 0.717) is 0 Å². The predicted molar refractivity (Wildman–Crippen MR) is 41.9 cm³/mol. The summed E-state index contributed by atoms with van der Waals surface area (Å²) in [4.78, 5) is 21.0. The van der Waals surface area contributed by atoms with E-state index < -0.39 is 17.8 Å². The smallest absolute Gasteiger partial charge is 0.411 e. The monoisotopic (exact) mass is 183 g/mol. The summed E-state index contributed by atoms with van der Waals surface area (Å²) >= 11 is 0. The average Bonchev–Trinajstić information content (AvgIpc) is 2.04. The highest BCUT2D eigenvalue weighted by Gasteiger charge is 2.07. The van der Waals surface area contributed by atoms with Gasteiger partial charge in [0.2, 0.25) is 0 Å². The molecular weight excluding hydrogens is 177 g/mol. The molecule has 0 aliphatic carbocycles. The maximum absolute atomic E-state index is 12.4. The highest BCUT2D eigenvalue weighted by molar-refractivity contribution is 6.02. The molecule has 2 amide bonds. The molecule has 0 aliphatic rings. The van der Waals surface area contributed by atoms with Crippen LogP contribution in [0, 0.1) is 5.82 Å². The summed E-state index contributed by atoms with van der Waals surface area (Å²) in [5.41, 5.74) is 0.101. The van der Waals surface area contributed by atoms with Crippen LogP contribution in [0.15, 0.2) is 24.3 Å². The van der Waals surface area contributed by atoms with Gasteiger partial charge in [-0.3, -0.25) is 10.1 Å². The first-order valence-corrected chi connectivity index (χ1v) is 3.39. The van der Waals surface area contributed by atoms with Crippen LogP contribution in [-0.2, 0) is 0 Å². The van der Waals surface area contributed by atoms with Crippen LogP contribution in [0.4, 0.5) is 9.18 Å². The third kappa shape index (κ3) is 2.55. The predicted octanol–water partition coefficient (Wildman–Crippen LogP) is 1.23. The first-order chi connectivity index (χ1) is 6.09. The van der Waals surface area contributed by atoms with E-state index >= 15 is 0 Å². The molecule has 0 saturated carbocycles. The van der Waals surface area contributed by atoms with Gasteiger partial charge in [-0.25, -0.2) is 9.18 Å². The summed E-state index contributed by atoms with van der Waals surface area (Å²) in [6.45, 7) is 0. The lowest BCUT2D eigenvalue weighted by molar-refractivity contribution is 0.0948. The van der Waals surface area contributed by atoms with Crippen molar-refractivity contribution in [2.75, 3.05) is 0 Å². The van der Waals surface area contributed by atoms with E-state index in [0.717, 1.165) is 12.1 Å². The first-order valence-electron chi connectivity index (χ1n) is 3.39. The second-order valence-corrected chi connectivity index (χ2v) is 2.27. The molecule has 1 aromatic rings. The number of nitrogens with one attached hydrogen (secondary N) is 1. The second-order valence-electron chi connectivity index (χ2n) is 2.27. The summed E-state index contributed by atoms with van der Waals surface area (Å²) in [5, 5.41) is 9.83. The molecule has 0 atom stereocenters. The molecule has 0 saturated heterocycles. The van der Waals surface area contributed by atoms with Crippen molar-refractivity contribution >= 4 is 12.0 Å². The minimum Gasteiger partial charge on any atom is -0.465 e. The molecule has 13 heavy (non-hydrogen) atoms. The molecule has 0 fully saturated rings. The van der Waals surface area contributed by atoms with Crippen molar-refractivity contribution in [1.29, 1.82) is 0 Å². The fraction of sp³-hybridized carbons (Fsp3) is 0. The Morgan fingerprint density at radius 1 is 1.23 bits per heavy atom. The van der Waals surface area contributed by atoms with Gasteiger partial charge >= 0.3 is 6.09 Å². The van der Waals surface area contributed by atoms with Gasteiger partial charge in [0.05, 0.1) is 0 Å². The maximum Gasteiger partial charge on any atom is 0.411 e. The zero-order valence-electron chi connectivity index (χ0n) is 6.45. The van der Waals surface area contributed by atoms with Crippen molar-refractivity contribution in [3.63, 3.8) is 0 Å². The Hall–Kier alpha value is -1.91. The van der Waals surface area contributed by atoms with Crippen LogP contribution in [0.2, 0.25) is 0 Å². The largest absolute Gasteiger partial charge is 0.465 e. The van der Waals surface area contributed by atoms with E-state index in [9.17, 15) is 14.0 Å². The van der Waals surface area contributed by atoms with Crippen molar-refractivity contribution in [3.05, 3.63) is 35.6 Å². The molecule has 0 bridgehead atoms. The lowest BCUT2D eigenvalue weighted by Crippen LogP contribution is -2.28. The van der Waals surface area contributed by atoms with Gasteiger partial charge in [-0.2, -0.15) is 0 Å². The summed E-state index contributed by atoms with van der Waals surface area (Å²) in [6.07, 6.45) is -1.44. The number of rotatable bonds is 1. The van der Waals surface area contributed by atoms with Crippen molar-refractivity contribution in [3.8, 4) is 0 Å². The lowest BCUT2D eigenvalue weighted by Gasteiger charge is -1.98. The van der Waals surface area contributed by atoms with Gasteiger partial charge in [-0.15, -0.1) is 0 Å². The van der Waals surface area contributed by atoms with Gasteiger partial charge in [0, 0.05) is 5.56 Å². The normalized spacial score (nSPS) is 9.31. The van der Waals surface area contributed by atoms with Crippen LogP contribution >= 0.6 is 0 Å². The molecule has 0 aliphatic heterocycles. The Kier molecular flexibility index (Phi) is 2.59. The number of halogens is 1. The fourth-order valence-corrected chi connectivity index (χ4v) is 0.771. The Morgan fingerprint density at radius 2 is 1.77 bits per heavy atom. The lowest BCUT2D eigenvalue weighted by atomic mass is 10.2. The van der Waals surface area contributed by atoms with Crippen molar-refractivity contribution in [1.82, 2.24) is 5.32 Å². The van der Waals surface area contributed by atoms with E-state index in [1.807, 2.05) is 0 Å². The Bertz CT molecular complexity index is 334. The molecule has 4 nitrogen and oxygen atoms in total. The average molecular weight is 183 g/mol. The van der Waals surface area contributed by atoms with Crippen LogP contribution < -0.4 is 5.32 Å². The molecule has 1 rings (SSSR count). The van der Waals surface area contributed by atoms with Crippen molar-refractivity contribution < 1.29 is 19.1 Å². The van der Waals surface area contributed by atoms with Gasteiger partial charge in [0.25, 0.3) is 5.91 Å². The summed E-state index contributed by atoms with van der Waals surface area (Å²) in [6, 6.07) is 4.56. The maximum atomic E-state index is 12.4. The zero-order chi connectivity index (χ0) is 9.84. The number of amides is 2. The topological polar surface area (TPSA) is 66.4 Å². The SMILES string of the molecule is O=C(O)NC(=O)c1ccc(F)cc1. The molecule has 0 unspecified atom stereocenters. The highest BCUT2D eigenvalue weighted by Crippen LogP contribution is 2.01. The quantitative estimate of drug-likeness (QED) is 0.688. The summed E-state index contributed by atoms with van der Waals surface area (Å²) < 4.78 is 12.4. The third-order valence-corrected chi connectivity index (χ3v) is 1.33. The number of hydrogen-bond acceptors (Lipinski definition) is 2. The minimum atomic E-state index is -1.44. The molecule has 68 valence electrons. The molecule has 0 heterocycles. The van der Waals surface area contributed by atoms with Gasteiger partial charge in [-0.1, -0.05) is 0 Å². The van der Waals surface area contributed by atoms with E-state index in [2.05, 4.69) is 0 Å². The fourth-order valence-electron chi connectivity index (χ4n) is 0.771. The molecule has 0 radical (unpaired) electrons. The number of hydrogen-bond donors (Lipinski definition) is 2. The second kappa shape index (κ2) is 3.66.